The van der Waals surface area contributed by atoms with Crippen LogP contribution in [0.15, 0.2) is 24.4 Å². The van der Waals surface area contributed by atoms with E-state index in [0.29, 0.717) is 5.92 Å². The largest absolute Gasteiger partial charge is 0.337 e. The van der Waals surface area contributed by atoms with Crippen LogP contribution in [0.1, 0.15) is 44.8 Å². The number of aryl methyl sites for hydroxylation is 2. The summed E-state index contributed by atoms with van der Waals surface area (Å²) in [6.45, 7) is 5.54. The van der Waals surface area contributed by atoms with E-state index in [2.05, 4.69) is 9.97 Å². The number of hydrogen-bond acceptors (Lipinski definition) is 4. The smallest absolute Gasteiger partial charge is 0.263 e. The van der Waals surface area contributed by atoms with Crippen molar-refractivity contribution < 1.29 is 4.79 Å². The summed E-state index contributed by atoms with van der Waals surface area (Å²) in [5.74, 6) is 1.28. The highest BCUT2D eigenvalue weighted by molar-refractivity contribution is 7.13. The number of carbonyl (C=O) groups is 1. The van der Waals surface area contributed by atoms with Gasteiger partial charge in [0.05, 0.1) is 4.88 Å². The summed E-state index contributed by atoms with van der Waals surface area (Å²) in [6.07, 6.45) is 3.93. The monoisotopic (exact) mass is 301 g/mol. The van der Waals surface area contributed by atoms with Gasteiger partial charge in [-0.1, -0.05) is 0 Å². The van der Waals surface area contributed by atoms with Crippen LogP contribution in [-0.2, 0) is 0 Å². The molecule has 0 N–H and O–H groups in total. The molecule has 2 aromatic rings. The maximum Gasteiger partial charge on any atom is 0.263 e. The van der Waals surface area contributed by atoms with Crippen molar-refractivity contribution in [1.29, 1.82) is 0 Å². The summed E-state index contributed by atoms with van der Waals surface area (Å²) in [6, 6.07) is 5.91. The van der Waals surface area contributed by atoms with Crippen LogP contribution in [0.3, 0.4) is 0 Å². The molecular weight excluding hydrogens is 282 g/mol. The summed E-state index contributed by atoms with van der Waals surface area (Å²) in [5.41, 5.74) is 1.06. The first kappa shape index (κ1) is 14.2. The first-order chi connectivity index (χ1) is 10.1. The van der Waals surface area contributed by atoms with Crippen molar-refractivity contribution in [2.45, 2.75) is 32.6 Å². The quantitative estimate of drug-likeness (QED) is 0.856. The lowest BCUT2D eigenvalue weighted by Gasteiger charge is -2.32. The molecule has 0 aliphatic carbocycles. The zero-order valence-electron chi connectivity index (χ0n) is 12.4. The Kier molecular flexibility index (Phi) is 4.01. The molecule has 1 saturated heterocycles. The Bertz CT molecular complexity index is 652. The third-order valence-corrected chi connectivity index (χ3v) is 4.86. The SMILES string of the molecule is Cc1nccc([C@@H]2CCCN(C(=O)c3ccc(C)s3)C2)n1. The highest BCUT2D eigenvalue weighted by Crippen LogP contribution is 2.27. The molecule has 1 aliphatic rings. The van der Waals surface area contributed by atoms with Crippen molar-refractivity contribution >= 4 is 17.2 Å². The summed E-state index contributed by atoms with van der Waals surface area (Å²) >= 11 is 1.57. The van der Waals surface area contributed by atoms with Crippen LogP contribution in [0.5, 0.6) is 0 Å². The molecule has 3 heterocycles. The van der Waals surface area contributed by atoms with Gasteiger partial charge >= 0.3 is 0 Å². The molecular formula is C16H19N3OS. The van der Waals surface area contributed by atoms with Gasteiger partial charge in [-0.2, -0.15) is 0 Å². The standard InChI is InChI=1S/C16H19N3OS/c1-11-5-6-15(21-11)16(20)19-9-3-4-13(10-19)14-7-8-17-12(2)18-14/h5-8,13H,3-4,9-10H2,1-2H3/t13-/m1/s1. The Hall–Kier alpha value is -1.75. The number of amides is 1. The van der Waals surface area contributed by atoms with Gasteiger partial charge in [-0.05, 0) is 44.9 Å². The van der Waals surface area contributed by atoms with Crippen LogP contribution in [-0.4, -0.2) is 33.9 Å². The molecule has 1 fully saturated rings. The van der Waals surface area contributed by atoms with Gasteiger partial charge < -0.3 is 4.90 Å². The molecule has 3 rings (SSSR count). The van der Waals surface area contributed by atoms with Crippen LogP contribution in [0, 0.1) is 13.8 Å². The zero-order chi connectivity index (χ0) is 14.8. The van der Waals surface area contributed by atoms with E-state index >= 15 is 0 Å². The van der Waals surface area contributed by atoms with E-state index in [1.54, 1.807) is 17.5 Å². The number of hydrogen-bond donors (Lipinski definition) is 0. The van der Waals surface area contributed by atoms with Gasteiger partial charge in [0.25, 0.3) is 5.91 Å². The second-order valence-electron chi connectivity index (χ2n) is 5.53. The average Bonchev–Trinajstić information content (AvgIpc) is 2.93. The number of piperidine rings is 1. The number of carbonyl (C=O) groups excluding carboxylic acids is 1. The molecule has 2 aromatic heterocycles. The van der Waals surface area contributed by atoms with Gasteiger partial charge in [-0.3, -0.25) is 4.79 Å². The predicted octanol–water partition coefficient (Wildman–Crippen LogP) is 3.17. The number of rotatable bonds is 2. The van der Waals surface area contributed by atoms with Crippen molar-refractivity contribution in [3.05, 3.63) is 45.7 Å². The predicted molar refractivity (Wildman–Crippen MR) is 83.7 cm³/mol. The second-order valence-corrected chi connectivity index (χ2v) is 6.82. The minimum atomic E-state index is 0.156. The molecule has 1 atom stereocenters. The number of thiophene rings is 1. The highest BCUT2D eigenvalue weighted by atomic mass is 32.1. The maximum absolute atomic E-state index is 12.6. The van der Waals surface area contributed by atoms with Crippen LogP contribution in [0.4, 0.5) is 0 Å². The molecule has 0 radical (unpaired) electrons. The van der Waals surface area contributed by atoms with Crippen molar-refractivity contribution in [2.24, 2.45) is 0 Å². The number of nitrogens with zero attached hydrogens (tertiary/aromatic N) is 3. The fourth-order valence-corrected chi connectivity index (χ4v) is 3.65. The van der Waals surface area contributed by atoms with Gasteiger partial charge in [-0.25, -0.2) is 9.97 Å². The Morgan fingerprint density at radius 1 is 1.33 bits per heavy atom. The Labute approximate surface area is 128 Å². The average molecular weight is 301 g/mol. The Morgan fingerprint density at radius 3 is 2.90 bits per heavy atom. The molecule has 110 valence electrons. The topological polar surface area (TPSA) is 46.1 Å². The third kappa shape index (κ3) is 3.13. The van der Waals surface area contributed by atoms with Crippen LogP contribution >= 0.6 is 11.3 Å². The van der Waals surface area contributed by atoms with Gasteiger partial charge in [0.2, 0.25) is 0 Å². The number of aromatic nitrogens is 2. The van der Waals surface area contributed by atoms with E-state index in [1.165, 1.54) is 4.88 Å². The van der Waals surface area contributed by atoms with Gasteiger partial charge in [0, 0.05) is 35.8 Å². The molecule has 0 spiro atoms. The number of likely N-dealkylation sites (tertiary alicyclic amines) is 1. The molecule has 0 unspecified atom stereocenters. The summed E-state index contributed by atoms with van der Waals surface area (Å²) < 4.78 is 0. The molecule has 1 aliphatic heterocycles. The molecule has 21 heavy (non-hydrogen) atoms. The highest BCUT2D eigenvalue weighted by Gasteiger charge is 2.26. The van der Waals surface area contributed by atoms with E-state index in [1.807, 2.05) is 36.9 Å². The van der Waals surface area contributed by atoms with E-state index in [9.17, 15) is 4.79 Å². The second kappa shape index (κ2) is 5.93. The van der Waals surface area contributed by atoms with Crippen molar-refractivity contribution in [3.8, 4) is 0 Å². The Morgan fingerprint density at radius 2 is 2.19 bits per heavy atom. The van der Waals surface area contributed by atoms with Crippen LogP contribution in [0.2, 0.25) is 0 Å². The van der Waals surface area contributed by atoms with Crippen molar-refractivity contribution in [1.82, 2.24) is 14.9 Å². The summed E-state index contributed by atoms with van der Waals surface area (Å²) in [7, 11) is 0. The third-order valence-electron chi connectivity index (χ3n) is 3.88. The van der Waals surface area contributed by atoms with E-state index in [4.69, 9.17) is 0 Å². The lowest BCUT2D eigenvalue weighted by Crippen LogP contribution is -2.39. The van der Waals surface area contributed by atoms with E-state index < -0.39 is 0 Å². The first-order valence-corrected chi connectivity index (χ1v) is 8.10. The maximum atomic E-state index is 12.6. The molecule has 5 heteroatoms. The van der Waals surface area contributed by atoms with Gasteiger partial charge in [0.1, 0.15) is 5.82 Å². The summed E-state index contributed by atoms with van der Waals surface area (Å²) in [5, 5.41) is 0. The zero-order valence-corrected chi connectivity index (χ0v) is 13.2. The van der Waals surface area contributed by atoms with Crippen LogP contribution in [0.25, 0.3) is 0 Å². The molecule has 1 amide bonds. The minimum absolute atomic E-state index is 0.156. The normalized spacial score (nSPS) is 18.8. The molecule has 4 nitrogen and oxygen atoms in total. The van der Waals surface area contributed by atoms with Crippen LogP contribution < -0.4 is 0 Å². The van der Waals surface area contributed by atoms with Gasteiger partial charge in [0.15, 0.2) is 0 Å². The van der Waals surface area contributed by atoms with Gasteiger partial charge in [-0.15, -0.1) is 11.3 Å². The minimum Gasteiger partial charge on any atom is -0.337 e. The first-order valence-electron chi connectivity index (χ1n) is 7.29. The van der Waals surface area contributed by atoms with Crippen molar-refractivity contribution in [2.75, 3.05) is 13.1 Å². The summed E-state index contributed by atoms with van der Waals surface area (Å²) in [4.78, 5) is 25.2. The Balaban J connectivity index is 1.75. The van der Waals surface area contributed by atoms with Crippen molar-refractivity contribution in [3.63, 3.8) is 0 Å². The fourth-order valence-electron chi connectivity index (χ4n) is 2.81. The lowest BCUT2D eigenvalue weighted by atomic mass is 9.94. The molecule has 0 aromatic carbocycles. The van der Waals surface area contributed by atoms with E-state index in [-0.39, 0.29) is 5.91 Å². The lowest BCUT2D eigenvalue weighted by molar-refractivity contribution is 0.0711. The molecule has 0 bridgehead atoms. The molecule has 0 saturated carbocycles. The fraction of sp³-hybridized carbons (Fsp3) is 0.438. The van der Waals surface area contributed by atoms with E-state index in [0.717, 1.165) is 42.3 Å².